The molecule has 2 rings (SSSR count). The van der Waals surface area contributed by atoms with Crippen molar-refractivity contribution in [2.45, 2.75) is 30.8 Å². The molecular formula is C14H17NO2S. The number of para-hydroxylation sites is 1. The van der Waals surface area contributed by atoms with Gasteiger partial charge in [-0.3, -0.25) is 4.79 Å². The summed E-state index contributed by atoms with van der Waals surface area (Å²) in [5, 5.41) is 10.3. The van der Waals surface area contributed by atoms with Gasteiger partial charge in [0, 0.05) is 17.1 Å². The molecule has 0 amide bonds. The van der Waals surface area contributed by atoms with Crippen LogP contribution in [-0.4, -0.2) is 26.6 Å². The number of benzene rings is 1. The summed E-state index contributed by atoms with van der Waals surface area (Å²) in [5.74, 6) is -0.737. The van der Waals surface area contributed by atoms with Gasteiger partial charge < -0.3 is 10.1 Å². The molecule has 96 valence electrons. The molecule has 0 saturated heterocycles. The number of aromatic nitrogens is 1. The number of H-pyrrole nitrogens is 1. The smallest absolute Gasteiger partial charge is 0.316 e. The van der Waals surface area contributed by atoms with Crippen LogP contribution in [0.4, 0.5) is 0 Å². The Balaban J connectivity index is 2.23. The van der Waals surface area contributed by atoms with Crippen molar-refractivity contribution in [2.24, 2.45) is 0 Å². The van der Waals surface area contributed by atoms with Gasteiger partial charge in [-0.25, -0.2) is 0 Å². The number of rotatable bonds is 5. The third kappa shape index (κ3) is 2.88. The lowest BCUT2D eigenvalue weighted by atomic mass is 10.1. The van der Waals surface area contributed by atoms with Crippen molar-refractivity contribution in [3.05, 3.63) is 36.0 Å². The van der Waals surface area contributed by atoms with E-state index in [0.29, 0.717) is 11.7 Å². The maximum absolute atomic E-state index is 11.3. The van der Waals surface area contributed by atoms with Crippen LogP contribution >= 0.6 is 11.8 Å². The fourth-order valence-electron chi connectivity index (χ4n) is 2.02. The lowest BCUT2D eigenvalue weighted by molar-refractivity contribution is -0.136. The Morgan fingerprint density at radius 1 is 1.39 bits per heavy atom. The molecule has 1 heterocycles. The van der Waals surface area contributed by atoms with Crippen LogP contribution in [0.2, 0.25) is 0 Å². The maximum Gasteiger partial charge on any atom is 0.316 e. The van der Waals surface area contributed by atoms with Crippen LogP contribution in [0.15, 0.2) is 30.5 Å². The van der Waals surface area contributed by atoms with E-state index in [1.807, 2.05) is 44.3 Å². The summed E-state index contributed by atoms with van der Waals surface area (Å²) in [4.78, 5) is 14.4. The minimum Gasteiger partial charge on any atom is -0.480 e. The molecule has 0 fully saturated rings. The first-order chi connectivity index (χ1) is 8.58. The highest BCUT2D eigenvalue weighted by molar-refractivity contribution is 8.01. The molecule has 0 radical (unpaired) electrons. The minimum atomic E-state index is -0.737. The predicted molar refractivity (Wildman–Crippen MR) is 76.2 cm³/mol. The maximum atomic E-state index is 11.3. The Morgan fingerprint density at radius 2 is 2.11 bits per heavy atom. The Hall–Kier alpha value is -1.42. The summed E-state index contributed by atoms with van der Waals surface area (Å²) in [7, 11) is 0. The zero-order valence-corrected chi connectivity index (χ0v) is 11.3. The van der Waals surface area contributed by atoms with Crippen molar-refractivity contribution in [3.8, 4) is 0 Å². The molecule has 4 heteroatoms. The van der Waals surface area contributed by atoms with E-state index in [-0.39, 0.29) is 5.25 Å². The normalized spacial score (nSPS) is 13.1. The number of aliphatic carboxylic acids is 1. The van der Waals surface area contributed by atoms with Crippen molar-refractivity contribution in [1.82, 2.24) is 4.98 Å². The van der Waals surface area contributed by atoms with Crippen molar-refractivity contribution in [2.75, 3.05) is 0 Å². The van der Waals surface area contributed by atoms with Crippen molar-refractivity contribution < 1.29 is 9.90 Å². The van der Waals surface area contributed by atoms with Crippen LogP contribution in [0.5, 0.6) is 0 Å². The van der Waals surface area contributed by atoms with Crippen LogP contribution in [0, 0.1) is 0 Å². The highest BCUT2D eigenvalue weighted by Crippen LogP contribution is 2.25. The van der Waals surface area contributed by atoms with E-state index in [0.717, 1.165) is 16.5 Å². The van der Waals surface area contributed by atoms with E-state index in [9.17, 15) is 9.90 Å². The van der Waals surface area contributed by atoms with Gasteiger partial charge in [0.05, 0.1) is 0 Å². The molecule has 2 N–H and O–H groups in total. The van der Waals surface area contributed by atoms with Gasteiger partial charge in [-0.15, -0.1) is 11.8 Å². The largest absolute Gasteiger partial charge is 0.480 e. The van der Waals surface area contributed by atoms with Gasteiger partial charge in [0.2, 0.25) is 0 Å². The number of thioether (sulfide) groups is 1. The molecular weight excluding hydrogens is 246 g/mol. The second-order valence-corrected chi connectivity index (χ2v) is 6.36. The zero-order valence-electron chi connectivity index (χ0n) is 10.5. The van der Waals surface area contributed by atoms with Gasteiger partial charge in [0.25, 0.3) is 0 Å². The number of hydrogen-bond acceptors (Lipinski definition) is 2. The number of hydrogen-bond donors (Lipinski definition) is 2. The molecule has 0 saturated carbocycles. The van der Waals surface area contributed by atoms with Crippen LogP contribution in [0.1, 0.15) is 19.4 Å². The van der Waals surface area contributed by atoms with E-state index in [1.165, 1.54) is 11.8 Å². The monoisotopic (exact) mass is 263 g/mol. The Labute approximate surface area is 111 Å². The summed E-state index contributed by atoms with van der Waals surface area (Å²) in [6.07, 6.45) is 2.48. The fraction of sp³-hybridized carbons (Fsp3) is 0.357. The quantitative estimate of drug-likeness (QED) is 0.870. The third-order valence-corrected chi connectivity index (χ3v) is 4.03. The minimum absolute atomic E-state index is 0.316. The first-order valence-electron chi connectivity index (χ1n) is 6.01. The Kier molecular flexibility index (Phi) is 3.97. The van der Waals surface area contributed by atoms with Gasteiger partial charge in [-0.05, 0) is 23.3 Å². The molecule has 0 aliphatic rings. The van der Waals surface area contributed by atoms with Gasteiger partial charge in [0.15, 0.2) is 0 Å². The molecule has 0 aliphatic carbocycles. The average molecular weight is 263 g/mol. The molecule has 0 aliphatic heterocycles. The van der Waals surface area contributed by atoms with Crippen molar-refractivity contribution >= 4 is 28.6 Å². The molecule has 2 aromatic rings. The lowest BCUT2D eigenvalue weighted by Crippen LogP contribution is -2.21. The summed E-state index contributed by atoms with van der Waals surface area (Å²) in [5.41, 5.74) is 2.14. The van der Waals surface area contributed by atoms with E-state index in [2.05, 4.69) is 4.98 Å². The molecule has 0 bridgehead atoms. The summed E-state index contributed by atoms with van der Waals surface area (Å²) in [6.45, 7) is 4.05. The standard InChI is InChI=1S/C14H17NO2S/c1-9(2)18-13(14(16)17)7-10-8-15-12-6-4-3-5-11(10)12/h3-6,8-9,13,15H,7H2,1-2H3,(H,16,17)/t13-/m0/s1. The number of aromatic amines is 1. The second-order valence-electron chi connectivity index (χ2n) is 4.58. The van der Waals surface area contributed by atoms with E-state index >= 15 is 0 Å². The van der Waals surface area contributed by atoms with E-state index in [4.69, 9.17) is 0 Å². The van der Waals surface area contributed by atoms with Gasteiger partial charge in [-0.1, -0.05) is 32.0 Å². The van der Waals surface area contributed by atoms with Crippen LogP contribution in [-0.2, 0) is 11.2 Å². The van der Waals surface area contributed by atoms with E-state index in [1.54, 1.807) is 0 Å². The first kappa shape index (κ1) is 13.0. The van der Waals surface area contributed by atoms with Crippen LogP contribution < -0.4 is 0 Å². The highest BCUT2D eigenvalue weighted by atomic mass is 32.2. The molecule has 0 unspecified atom stereocenters. The Morgan fingerprint density at radius 3 is 2.78 bits per heavy atom. The van der Waals surface area contributed by atoms with Gasteiger partial charge in [0.1, 0.15) is 5.25 Å². The first-order valence-corrected chi connectivity index (χ1v) is 6.95. The summed E-state index contributed by atoms with van der Waals surface area (Å²) < 4.78 is 0. The highest BCUT2D eigenvalue weighted by Gasteiger charge is 2.21. The third-order valence-electron chi connectivity index (χ3n) is 2.79. The number of fused-ring (bicyclic) bond motifs is 1. The number of carbonyl (C=O) groups is 1. The second kappa shape index (κ2) is 5.48. The van der Waals surface area contributed by atoms with Gasteiger partial charge in [-0.2, -0.15) is 0 Å². The van der Waals surface area contributed by atoms with Crippen molar-refractivity contribution in [1.29, 1.82) is 0 Å². The van der Waals surface area contributed by atoms with Gasteiger partial charge >= 0.3 is 5.97 Å². The fourth-order valence-corrected chi connectivity index (χ4v) is 3.07. The number of carboxylic acids is 1. The molecule has 1 aromatic heterocycles. The van der Waals surface area contributed by atoms with Crippen LogP contribution in [0.3, 0.4) is 0 Å². The summed E-state index contributed by atoms with van der Waals surface area (Å²) >= 11 is 1.50. The van der Waals surface area contributed by atoms with Crippen molar-refractivity contribution in [3.63, 3.8) is 0 Å². The molecule has 18 heavy (non-hydrogen) atoms. The molecule has 1 aromatic carbocycles. The number of carboxylic acid groups (broad SMARTS) is 1. The zero-order chi connectivity index (χ0) is 13.1. The molecule has 0 spiro atoms. The average Bonchev–Trinajstić information content (AvgIpc) is 2.71. The predicted octanol–water partition coefficient (Wildman–Crippen LogP) is 3.31. The number of nitrogens with one attached hydrogen (secondary N) is 1. The topological polar surface area (TPSA) is 53.1 Å². The molecule has 3 nitrogen and oxygen atoms in total. The SMILES string of the molecule is CC(C)S[C@@H](Cc1c[nH]c2ccccc12)C(=O)O. The summed E-state index contributed by atoms with van der Waals surface area (Å²) in [6, 6.07) is 7.98. The van der Waals surface area contributed by atoms with Crippen LogP contribution in [0.25, 0.3) is 10.9 Å². The van der Waals surface area contributed by atoms with E-state index < -0.39 is 5.97 Å². The Bertz CT molecular complexity index is 547. The molecule has 1 atom stereocenters. The lowest BCUT2D eigenvalue weighted by Gasteiger charge is -2.13.